The lowest BCUT2D eigenvalue weighted by Gasteiger charge is -2.36. The van der Waals surface area contributed by atoms with E-state index in [4.69, 9.17) is 0 Å². The summed E-state index contributed by atoms with van der Waals surface area (Å²) in [7, 11) is 0. The predicted octanol–water partition coefficient (Wildman–Crippen LogP) is 4.28. The summed E-state index contributed by atoms with van der Waals surface area (Å²) in [5, 5.41) is 12.8. The zero-order chi connectivity index (χ0) is 20.9. The van der Waals surface area contributed by atoms with Gasteiger partial charge in [0.2, 0.25) is 0 Å². The number of nitrogens with zero attached hydrogens (tertiary/aromatic N) is 2. The Hall–Kier alpha value is -3.31. The van der Waals surface area contributed by atoms with Gasteiger partial charge in [-0.3, -0.25) is 9.69 Å². The molecule has 4 rings (SSSR count). The second kappa shape index (κ2) is 9.01. The first-order valence-corrected chi connectivity index (χ1v) is 10.3. The number of benzene rings is 3. The third kappa shape index (κ3) is 4.81. The highest BCUT2D eigenvalue weighted by molar-refractivity contribution is 6.06. The molecule has 154 valence electrons. The summed E-state index contributed by atoms with van der Waals surface area (Å²) in [6.45, 7) is 6.90. The van der Waals surface area contributed by atoms with E-state index in [2.05, 4.69) is 45.4 Å². The van der Waals surface area contributed by atoms with E-state index in [9.17, 15) is 9.90 Å². The van der Waals surface area contributed by atoms with Crippen molar-refractivity contribution in [2.75, 3.05) is 36.4 Å². The van der Waals surface area contributed by atoms with Gasteiger partial charge < -0.3 is 15.3 Å². The molecule has 1 saturated heterocycles. The number of nitrogens with one attached hydrogen (secondary N) is 1. The topological polar surface area (TPSA) is 55.8 Å². The maximum Gasteiger partial charge on any atom is 0.259 e. The van der Waals surface area contributed by atoms with E-state index in [1.165, 1.54) is 5.56 Å². The average molecular weight is 402 g/mol. The number of rotatable bonds is 5. The molecule has 3 aromatic carbocycles. The van der Waals surface area contributed by atoms with E-state index in [0.717, 1.165) is 44.0 Å². The normalized spacial score (nSPS) is 14.5. The Morgan fingerprint density at radius 1 is 0.933 bits per heavy atom. The Balaban J connectivity index is 1.33. The van der Waals surface area contributed by atoms with Gasteiger partial charge in [0.15, 0.2) is 0 Å². The Kier molecular flexibility index (Phi) is 6.00. The molecule has 0 unspecified atom stereocenters. The van der Waals surface area contributed by atoms with Gasteiger partial charge in [0, 0.05) is 44.1 Å². The van der Waals surface area contributed by atoms with Crippen molar-refractivity contribution in [3.63, 3.8) is 0 Å². The quantitative estimate of drug-likeness (QED) is 0.670. The first-order valence-electron chi connectivity index (χ1n) is 10.3. The van der Waals surface area contributed by atoms with Crippen LogP contribution in [0.5, 0.6) is 5.75 Å². The fourth-order valence-corrected chi connectivity index (χ4v) is 3.79. The van der Waals surface area contributed by atoms with Gasteiger partial charge in [0.25, 0.3) is 5.91 Å². The molecule has 30 heavy (non-hydrogen) atoms. The van der Waals surface area contributed by atoms with Crippen molar-refractivity contribution in [2.24, 2.45) is 0 Å². The van der Waals surface area contributed by atoms with Gasteiger partial charge in [-0.25, -0.2) is 0 Å². The highest BCUT2D eigenvalue weighted by Crippen LogP contribution is 2.23. The van der Waals surface area contributed by atoms with Crippen LogP contribution in [-0.4, -0.2) is 42.1 Å². The van der Waals surface area contributed by atoms with Gasteiger partial charge >= 0.3 is 0 Å². The smallest absolute Gasteiger partial charge is 0.259 e. The summed E-state index contributed by atoms with van der Waals surface area (Å²) in [6.07, 6.45) is 0. The van der Waals surface area contributed by atoms with E-state index in [1.807, 2.05) is 31.2 Å². The molecular weight excluding hydrogens is 374 g/mol. The Labute approximate surface area is 177 Å². The zero-order valence-electron chi connectivity index (χ0n) is 17.2. The maximum absolute atomic E-state index is 12.5. The first-order chi connectivity index (χ1) is 14.6. The lowest BCUT2D eigenvalue weighted by atomic mass is 10.1. The van der Waals surface area contributed by atoms with Crippen molar-refractivity contribution in [1.29, 1.82) is 0 Å². The molecule has 2 N–H and O–H groups in total. The second-order valence-electron chi connectivity index (χ2n) is 7.77. The fraction of sp³-hybridized carbons (Fsp3) is 0.240. The van der Waals surface area contributed by atoms with Gasteiger partial charge in [0.1, 0.15) is 5.75 Å². The molecule has 5 heteroatoms. The number of phenolic OH excluding ortho intramolecular Hbond substituents is 1. The van der Waals surface area contributed by atoms with Crippen LogP contribution in [0.2, 0.25) is 0 Å². The van der Waals surface area contributed by atoms with E-state index in [-0.39, 0.29) is 17.2 Å². The molecule has 5 nitrogen and oxygen atoms in total. The van der Waals surface area contributed by atoms with Gasteiger partial charge in [-0.2, -0.15) is 0 Å². The number of carbonyl (C=O) groups is 1. The third-order valence-corrected chi connectivity index (χ3v) is 5.51. The summed E-state index contributed by atoms with van der Waals surface area (Å²) >= 11 is 0. The SMILES string of the molecule is Cc1ccc(O)c(C(=O)Nc2ccc(N3CCN(Cc4ccccc4)CC3)cc2)c1. The molecule has 0 radical (unpaired) electrons. The monoisotopic (exact) mass is 401 g/mol. The Morgan fingerprint density at radius 2 is 1.63 bits per heavy atom. The number of aromatic hydroxyl groups is 1. The minimum absolute atomic E-state index is 0.0110. The van der Waals surface area contributed by atoms with Crippen molar-refractivity contribution in [1.82, 2.24) is 4.90 Å². The minimum Gasteiger partial charge on any atom is -0.507 e. The largest absolute Gasteiger partial charge is 0.507 e. The summed E-state index contributed by atoms with van der Waals surface area (Å²) in [5.74, 6) is -0.318. The molecular formula is C25H27N3O2. The lowest BCUT2D eigenvalue weighted by molar-refractivity contribution is 0.102. The molecule has 1 heterocycles. The highest BCUT2D eigenvalue weighted by atomic mass is 16.3. The summed E-state index contributed by atoms with van der Waals surface area (Å²) < 4.78 is 0. The van der Waals surface area contributed by atoms with Crippen LogP contribution < -0.4 is 10.2 Å². The number of carbonyl (C=O) groups excluding carboxylic acids is 1. The molecule has 0 saturated carbocycles. The predicted molar refractivity (Wildman–Crippen MR) is 121 cm³/mol. The maximum atomic E-state index is 12.5. The highest BCUT2D eigenvalue weighted by Gasteiger charge is 2.17. The molecule has 1 aliphatic heterocycles. The summed E-state index contributed by atoms with van der Waals surface area (Å²) in [4.78, 5) is 17.3. The van der Waals surface area contributed by atoms with Crippen molar-refractivity contribution < 1.29 is 9.90 Å². The molecule has 0 bridgehead atoms. The van der Waals surface area contributed by atoms with Gasteiger partial charge in [-0.1, -0.05) is 42.0 Å². The van der Waals surface area contributed by atoms with Gasteiger partial charge in [-0.05, 0) is 48.9 Å². The van der Waals surface area contributed by atoms with E-state index in [1.54, 1.807) is 18.2 Å². The molecule has 0 spiro atoms. The van der Waals surface area contributed by atoms with Crippen LogP contribution in [0.25, 0.3) is 0 Å². The lowest BCUT2D eigenvalue weighted by Crippen LogP contribution is -2.45. The molecule has 0 aliphatic carbocycles. The number of anilines is 2. The van der Waals surface area contributed by atoms with Crippen molar-refractivity contribution in [3.8, 4) is 5.75 Å². The van der Waals surface area contributed by atoms with Crippen molar-refractivity contribution in [2.45, 2.75) is 13.5 Å². The molecule has 1 fully saturated rings. The average Bonchev–Trinajstić information content (AvgIpc) is 2.77. The fourth-order valence-electron chi connectivity index (χ4n) is 3.79. The zero-order valence-corrected chi connectivity index (χ0v) is 17.2. The standard InChI is InChI=1S/C25H27N3O2/c1-19-7-12-24(29)23(17-19)25(30)26-21-8-10-22(11-9-21)28-15-13-27(14-16-28)18-20-5-3-2-4-6-20/h2-12,17,29H,13-16,18H2,1H3,(H,26,30). The molecule has 1 aliphatic rings. The summed E-state index contributed by atoms with van der Waals surface area (Å²) in [6, 6.07) is 23.5. The molecule has 3 aromatic rings. The van der Waals surface area contributed by atoms with Crippen molar-refractivity contribution >= 4 is 17.3 Å². The van der Waals surface area contributed by atoms with Gasteiger partial charge in [-0.15, -0.1) is 0 Å². The number of amides is 1. The second-order valence-corrected chi connectivity index (χ2v) is 7.77. The molecule has 1 amide bonds. The number of piperazine rings is 1. The third-order valence-electron chi connectivity index (χ3n) is 5.51. The van der Waals surface area contributed by atoms with Crippen LogP contribution in [0.3, 0.4) is 0 Å². The van der Waals surface area contributed by atoms with Crippen LogP contribution >= 0.6 is 0 Å². The van der Waals surface area contributed by atoms with Crippen LogP contribution in [0, 0.1) is 6.92 Å². The number of hydrogen-bond acceptors (Lipinski definition) is 4. The number of phenols is 1. The van der Waals surface area contributed by atoms with Crippen LogP contribution in [-0.2, 0) is 6.54 Å². The Morgan fingerprint density at radius 3 is 2.33 bits per heavy atom. The van der Waals surface area contributed by atoms with Crippen LogP contribution in [0.1, 0.15) is 21.5 Å². The molecule has 0 aromatic heterocycles. The van der Waals surface area contributed by atoms with E-state index in [0.29, 0.717) is 5.69 Å². The molecule has 0 atom stereocenters. The Bertz CT molecular complexity index is 995. The number of aryl methyl sites for hydroxylation is 1. The van der Waals surface area contributed by atoms with Crippen LogP contribution in [0.4, 0.5) is 11.4 Å². The van der Waals surface area contributed by atoms with E-state index < -0.39 is 0 Å². The first kappa shape index (κ1) is 20.0. The minimum atomic E-state index is -0.307. The summed E-state index contributed by atoms with van der Waals surface area (Å²) in [5.41, 5.74) is 4.44. The number of hydrogen-bond donors (Lipinski definition) is 2. The van der Waals surface area contributed by atoms with Crippen LogP contribution in [0.15, 0.2) is 72.8 Å². The van der Waals surface area contributed by atoms with Gasteiger partial charge in [0.05, 0.1) is 5.56 Å². The van der Waals surface area contributed by atoms with Crippen molar-refractivity contribution in [3.05, 3.63) is 89.5 Å². The van der Waals surface area contributed by atoms with E-state index >= 15 is 0 Å².